The third kappa shape index (κ3) is 4.72. The quantitative estimate of drug-likeness (QED) is 0.566. The molecule has 2 heterocycles. The number of carbonyl (C=O) groups is 1. The zero-order valence-electron chi connectivity index (χ0n) is 14.8. The van der Waals surface area contributed by atoms with Gasteiger partial charge in [0.15, 0.2) is 11.8 Å². The van der Waals surface area contributed by atoms with Crippen molar-refractivity contribution in [3.63, 3.8) is 0 Å². The number of benzene rings is 1. The van der Waals surface area contributed by atoms with Crippen LogP contribution >= 0.6 is 0 Å². The average Bonchev–Trinajstić information content (AvgIpc) is 2.67. The fourth-order valence-corrected chi connectivity index (χ4v) is 3.34. The molecule has 1 aliphatic heterocycles. The fraction of sp³-hybridized carbons (Fsp3) is 0.316. The summed E-state index contributed by atoms with van der Waals surface area (Å²) in [6, 6.07) is 9.23. The van der Waals surface area contributed by atoms with Gasteiger partial charge in [-0.1, -0.05) is 12.1 Å². The van der Waals surface area contributed by atoms with Crippen LogP contribution in [0.5, 0.6) is 0 Å². The molecule has 0 aliphatic carbocycles. The number of anilines is 1. The number of hydrogen-bond donors (Lipinski definition) is 3. The van der Waals surface area contributed by atoms with Crippen molar-refractivity contribution in [2.45, 2.75) is 25.3 Å². The first-order valence-corrected chi connectivity index (χ1v) is 8.76. The molecule has 1 aromatic carbocycles. The molecule has 4 N–H and O–H groups in total. The molecule has 0 unspecified atom stereocenters. The predicted molar refractivity (Wildman–Crippen MR) is 101 cm³/mol. The summed E-state index contributed by atoms with van der Waals surface area (Å²) in [7, 11) is 0. The Hall–Kier alpha value is -3.16. The number of nitrogens with one attached hydrogen (secondary N) is 1. The van der Waals surface area contributed by atoms with Gasteiger partial charge in [0.1, 0.15) is 0 Å². The van der Waals surface area contributed by atoms with Gasteiger partial charge in [0.05, 0.1) is 12.2 Å². The zero-order valence-corrected chi connectivity index (χ0v) is 14.8. The molecule has 1 saturated heterocycles. The molecule has 142 valence electrons. The van der Waals surface area contributed by atoms with Crippen LogP contribution in [0.15, 0.2) is 47.7 Å². The van der Waals surface area contributed by atoms with Crippen LogP contribution in [0.3, 0.4) is 0 Å². The Labute approximate surface area is 156 Å². The van der Waals surface area contributed by atoms with Gasteiger partial charge in [0.2, 0.25) is 0 Å². The molecule has 1 fully saturated rings. The molecular weight excluding hydrogens is 349 g/mol. The molecule has 0 spiro atoms. The van der Waals surface area contributed by atoms with Gasteiger partial charge < -0.3 is 15.7 Å². The SMILES string of the molecule is NC(=NCc1cccc(N2CCC(c3ccncc3)CC2)c1F)NC(=O)O. The standard InChI is InChI=1S/C19H22FN5O2/c20-17-15(12-23-18(21)24-19(26)27)2-1-3-16(17)25-10-6-14(7-11-25)13-4-8-22-9-5-13/h1-5,8-9,14H,6-7,10-12H2,(H,26,27)(H3,21,23,24). The first-order valence-electron chi connectivity index (χ1n) is 8.76. The van der Waals surface area contributed by atoms with Gasteiger partial charge in [0.25, 0.3) is 0 Å². The van der Waals surface area contributed by atoms with Gasteiger partial charge in [-0.05, 0) is 42.5 Å². The van der Waals surface area contributed by atoms with Crippen molar-refractivity contribution in [2.75, 3.05) is 18.0 Å². The largest absolute Gasteiger partial charge is 0.465 e. The van der Waals surface area contributed by atoms with Crippen molar-refractivity contribution < 1.29 is 14.3 Å². The molecular formula is C19H22FN5O2. The van der Waals surface area contributed by atoms with E-state index in [2.05, 4.69) is 9.98 Å². The lowest BCUT2D eigenvalue weighted by molar-refractivity contribution is 0.200. The van der Waals surface area contributed by atoms with E-state index in [1.165, 1.54) is 5.56 Å². The van der Waals surface area contributed by atoms with Crippen LogP contribution in [-0.4, -0.2) is 35.2 Å². The Bertz CT molecular complexity index is 820. The molecule has 8 heteroatoms. The normalized spacial score (nSPS) is 15.6. The van der Waals surface area contributed by atoms with Crippen molar-refractivity contribution in [1.82, 2.24) is 10.3 Å². The van der Waals surface area contributed by atoms with Crippen LogP contribution in [0.1, 0.15) is 29.9 Å². The Morgan fingerprint density at radius 1 is 1.30 bits per heavy atom. The number of nitrogens with zero attached hydrogens (tertiary/aromatic N) is 3. The highest BCUT2D eigenvalue weighted by molar-refractivity contribution is 5.91. The minimum absolute atomic E-state index is 0.0285. The Balaban J connectivity index is 1.67. The summed E-state index contributed by atoms with van der Waals surface area (Å²) in [6.45, 7) is 1.50. The highest BCUT2D eigenvalue weighted by Gasteiger charge is 2.23. The Morgan fingerprint density at radius 3 is 2.67 bits per heavy atom. The number of carboxylic acid groups (broad SMARTS) is 1. The third-order valence-electron chi connectivity index (χ3n) is 4.73. The summed E-state index contributed by atoms with van der Waals surface area (Å²) in [5.41, 5.74) is 7.63. The minimum atomic E-state index is -1.30. The van der Waals surface area contributed by atoms with Crippen molar-refractivity contribution in [1.29, 1.82) is 0 Å². The summed E-state index contributed by atoms with van der Waals surface area (Å²) in [6.07, 6.45) is 4.19. The molecule has 0 atom stereocenters. The average molecular weight is 371 g/mol. The minimum Gasteiger partial charge on any atom is -0.465 e. The maximum Gasteiger partial charge on any atom is 0.411 e. The molecule has 1 aliphatic rings. The topological polar surface area (TPSA) is 104 Å². The van der Waals surface area contributed by atoms with Crippen LogP contribution in [-0.2, 0) is 6.54 Å². The van der Waals surface area contributed by atoms with E-state index >= 15 is 0 Å². The van der Waals surface area contributed by atoms with E-state index in [0.717, 1.165) is 25.9 Å². The van der Waals surface area contributed by atoms with E-state index in [0.29, 0.717) is 17.2 Å². The van der Waals surface area contributed by atoms with Gasteiger partial charge in [-0.2, -0.15) is 0 Å². The second-order valence-corrected chi connectivity index (χ2v) is 6.42. The molecule has 7 nitrogen and oxygen atoms in total. The molecule has 27 heavy (non-hydrogen) atoms. The predicted octanol–water partition coefficient (Wildman–Crippen LogP) is 2.69. The lowest BCUT2D eigenvalue weighted by Gasteiger charge is -2.34. The molecule has 1 amide bonds. The monoisotopic (exact) mass is 371 g/mol. The molecule has 2 aromatic rings. The summed E-state index contributed by atoms with van der Waals surface area (Å²) < 4.78 is 14.9. The first-order chi connectivity index (χ1) is 13.0. The molecule has 0 saturated carbocycles. The number of piperidine rings is 1. The lowest BCUT2D eigenvalue weighted by atomic mass is 9.90. The summed E-state index contributed by atoms with van der Waals surface area (Å²) in [5.74, 6) is -0.140. The number of nitrogens with two attached hydrogens (primary N) is 1. The summed E-state index contributed by atoms with van der Waals surface area (Å²) in [4.78, 5) is 20.5. The number of hydrogen-bond acceptors (Lipinski definition) is 4. The van der Waals surface area contributed by atoms with E-state index in [1.54, 1.807) is 30.6 Å². The lowest BCUT2D eigenvalue weighted by Crippen LogP contribution is -2.35. The molecule has 0 radical (unpaired) electrons. The van der Waals surface area contributed by atoms with Crippen LogP contribution in [0.25, 0.3) is 0 Å². The van der Waals surface area contributed by atoms with Crippen molar-refractivity contribution >= 4 is 17.7 Å². The molecule has 0 bridgehead atoms. The molecule has 1 aromatic heterocycles. The highest BCUT2D eigenvalue weighted by atomic mass is 19.1. The number of rotatable bonds is 4. The van der Waals surface area contributed by atoms with E-state index < -0.39 is 6.09 Å². The Morgan fingerprint density at radius 2 is 2.00 bits per heavy atom. The maximum atomic E-state index is 14.9. The first kappa shape index (κ1) is 18.6. The Kier molecular flexibility index (Phi) is 5.85. The number of aromatic nitrogens is 1. The van der Waals surface area contributed by atoms with E-state index in [4.69, 9.17) is 10.8 Å². The van der Waals surface area contributed by atoms with Gasteiger partial charge >= 0.3 is 6.09 Å². The second kappa shape index (κ2) is 8.48. The van der Waals surface area contributed by atoms with Crippen LogP contribution in [0, 0.1) is 5.82 Å². The number of amides is 1. The molecule has 3 rings (SSSR count). The smallest absolute Gasteiger partial charge is 0.411 e. The summed E-state index contributed by atoms with van der Waals surface area (Å²) >= 11 is 0. The highest BCUT2D eigenvalue weighted by Crippen LogP contribution is 2.32. The van der Waals surface area contributed by atoms with E-state index in [9.17, 15) is 9.18 Å². The maximum absolute atomic E-state index is 14.9. The van der Waals surface area contributed by atoms with Crippen molar-refractivity contribution in [3.05, 3.63) is 59.7 Å². The van der Waals surface area contributed by atoms with E-state index in [1.807, 2.05) is 22.3 Å². The van der Waals surface area contributed by atoms with Gasteiger partial charge in [-0.3, -0.25) is 10.3 Å². The number of guanidine groups is 1. The van der Waals surface area contributed by atoms with Gasteiger partial charge in [-0.15, -0.1) is 0 Å². The number of halogens is 1. The fourth-order valence-electron chi connectivity index (χ4n) is 3.34. The zero-order chi connectivity index (χ0) is 19.2. The number of pyridine rings is 1. The van der Waals surface area contributed by atoms with Crippen LogP contribution in [0.2, 0.25) is 0 Å². The van der Waals surface area contributed by atoms with Crippen molar-refractivity contribution in [2.24, 2.45) is 10.7 Å². The van der Waals surface area contributed by atoms with Crippen LogP contribution < -0.4 is 16.0 Å². The summed E-state index contributed by atoms with van der Waals surface area (Å²) in [5, 5.41) is 10.5. The van der Waals surface area contributed by atoms with Gasteiger partial charge in [0, 0.05) is 31.0 Å². The van der Waals surface area contributed by atoms with Crippen molar-refractivity contribution in [3.8, 4) is 0 Å². The van der Waals surface area contributed by atoms with Crippen LogP contribution in [0.4, 0.5) is 14.9 Å². The van der Waals surface area contributed by atoms with Gasteiger partial charge in [-0.25, -0.2) is 14.2 Å². The van der Waals surface area contributed by atoms with E-state index in [-0.39, 0.29) is 18.3 Å². The third-order valence-corrected chi connectivity index (χ3v) is 4.73. The number of aliphatic imine (C=N–C) groups is 1. The second-order valence-electron chi connectivity index (χ2n) is 6.42.